The second kappa shape index (κ2) is 12.5. The molecule has 146 valence electrons. The molecule has 1 aliphatic rings. The maximum Gasteiger partial charge on any atom is 0.219 e. The molecule has 0 aromatic rings. The third-order valence-corrected chi connectivity index (χ3v) is 6.00. The highest BCUT2D eigenvalue weighted by atomic mass is 16.2. The smallest absolute Gasteiger partial charge is 0.219 e. The van der Waals surface area contributed by atoms with E-state index in [0.29, 0.717) is 6.04 Å². The number of carbonyl (C=O) groups is 2. The molecule has 0 unspecified atom stereocenters. The van der Waals surface area contributed by atoms with Crippen LogP contribution < -0.4 is 0 Å². The largest absolute Gasteiger partial charge is 0.337 e. The van der Waals surface area contributed by atoms with Gasteiger partial charge in [0, 0.05) is 24.9 Å². The summed E-state index contributed by atoms with van der Waals surface area (Å²) in [4.78, 5) is 25.9. The fraction of sp³-hybridized carbons (Fsp3) is 0.909. The van der Waals surface area contributed by atoms with Crippen LogP contribution in [0.1, 0.15) is 111 Å². The summed E-state index contributed by atoms with van der Waals surface area (Å²) in [7, 11) is 0. The number of unbranched alkanes of at least 4 members (excludes halogenated alkanes) is 9. The van der Waals surface area contributed by atoms with Crippen LogP contribution in [0, 0.1) is 5.92 Å². The fourth-order valence-corrected chi connectivity index (χ4v) is 4.52. The van der Waals surface area contributed by atoms with E-state index < -0.39 is 0 Å². The molecule has 1 heterocycles. The molecule has 3 nitrogen and oxygen atoms in total. The molecule has 0 aromatic heterocycles. The second-order valence-corrected chi connectivity index (χ2v) is 8.09. The average Bonchev–Trinajstić information content (AvgIpc) is 2.55. The summed E-state index contributed by atoms with van der Waals surface area (Å²) in [6, 6.07) is 0.411. The molecular weight excluding hydrogens is 310 g/mol. The zero-order valence-electron chi connectivity index (χ0n) is 17.2. The zero-order chi connectivity index (χ0) is 18.7. The van der Waals surface area contributed by atoms with Gasteiger partial charge in [0.05, 0.1) is 0 Å². The molecule has 1 saturated heterocycles. The molecule has 0 N–H and O–H groups in total. The first-order chi connectivity index (χ1) is 12.0. The van der Waals surface area contributed by atoms with Gasteiger partial charge in [-0.3, -0.25) is 9.59 Å². The lowest BCUT2D eigenvalue weighted by atomic mass is 9.82. The van der Waals surface area contributed by atoms with E-state index in [2.05, 4.69) is 13.8 Å². The van der Waals surface area contributed by atoms with Crippen molar-refractivity contribution in [3.63, 3.8) is 0 Å². The summed E-state index contributed by atoms with van der Waals surface area (Å²) >= 11 is 0. The third-order valence-electron chi connectivity index (χ3n) is 6.00. The molecular formula is C22H41NO2. The first-order valence-corrected chi connectivity index (χ1v) is 10.8. The van der Waals surface area contributed by atoms with Crippen LogP contribution in [0.25, 0.3) is 0 Å². The van der Waals surface area contributed by atoms with Gasteiger partial charge in [0.1, 0.15) is 5.78 Å². The summed E-state index contributed by atoms with van der Waals surface area (Å²) in [5.74, 6) is 0.402. The Labute approximate surface area is 155 Å². The van der Waals surface area contributed by atoms with Crippen molar-refractivity contribution in [1.82, 2.24) is 4.90 Å². The first-order valence-electron chi connectivity index (χ1n) is 10.8. The maximum absolute atomic E-state index is 12.1. The van der Waals surface area contributed by atoms with Gasteiger partial charge in [-0.25, -0.2) is 0 Å². The SMILES string of the molecule is CCCCCCCCCCCC[C@H]1CC[C@H](C(C)=O)[C@@H](C)N1C(C)=O. The van der Waals surface area contributed by atoms with Crippen molar-refractivity contribution in [2.45, 2.75) is 123 Å². The number of piperidine rings is 1. The van der Waals surface area contributed by atoms with E-state index >= 15 is 0 Å². The Bertz CT molecular complexity index is 393. The van der Waals surface area contributed by atoms with Crippen molar-refractivity contribution in [1.29, 1.82) is 0 Å². The molecule has 3 heteroatoms. The maximum atomic E-state index is 12.1. The van der Waals surface area contributed by atoms with E-state index in [1.54, 1.807) is 13.8 Å². The van der Waals surface area contributed by atoms with Crippen molar-refractivity contribution in [3.05, 3.63) is 0 Å². The Hall–Kier alpha value is -0.860. The molecule has 0 spiro atoms. The normalized spacial score (nSPS) is 23.7. The van der Waals surface area contributed by atoms with Crippen molar-refractivity contribution in [3.8, 4) is 0 Å². The third kappa shape index (κ3) is 7.92. The summed E-state index contributed by atoms with van der Waals surface area (Å²) < 4.78 is 0. The summed E-state index contributed by atoms with van der Waals surface area (Å²) in [6.07, 6.45) is 16.5. The molecule has 1 aliphatic heterocycles. The lowest BCUT2D eigenvalue weighted by Crippen LogP contribution is -2.53. The minimum atomic E-state index is 0.0351. The van der Waals surface area contributed by atoms with E-state index in [0.717, 1.165) is 19.3 Å². The minimum absolute atomic E-state index is 0.0351. The van der Waals surface area contributed by atoms with Crippen LogP contribution in [-0.2, 0) is 9.59 Å². The lowest BCUT2D eigenvalue weighted by Gasteiger charge is -2.44. The van der Waals surface area contributed by atoms with Crippen LogP contribution in [0.15, 0.2) is 0 Å². The number of nitrogens with zero attached hydrogens (tertiary/aromatic N) is 1. The zero-order valence-corrected chi connectivity index (χ0v) is 17.2. The van der Waals surface area contributed by atoms with E-state index in [1.165, 1.54) is 64.2 Å². The molecule has 0 radical (unpaired) electrons. The van der Waals surface area contributed by atoms with Crippen molar-refractivity contribution >= 4 is 11.7 Å². The van der Waals surface area contributed by atoms with Gasteiger partial charge in [-0.15, -0.1) is 0 Å². The molecule has 3 atom stereocenters. The van der Waals surface area contributed by atoms with Gasteiger partial charge in [-0.05, 0) is 33.1 Å². The topological polar surface area (TPSA) is 37.4 Å². The van der Waals surface area contributed by atoms with Crippen LogP contribution in [0.2, 0.25) is 0 Å². The van der Waals surface area contributed by atoms with Gasteiger partial charge in [0.2, 0.25) is 5.91 Å². The van der Waals surface area contributed by atoms with E-state index in [9.17, 15) is 9.59 Å². The molecule has 0 aromatic carbocycles. The predicted molar refractivity (Wildman–Crippen MR) is 106 cm³/mol. The number of hydrogen-bond acceptors (Lipinski definition) is 2. The Morgan fingerprint density at radius 2 is 1.36 bits per heavy atom. The quantitative estimate of drug-likeness (QED) is 0.410. The van der Waals surface area contributed by atoms with E-state index in [4.69, 9.17) is 0 Å². The van der Waals surface area contributed by atoms with Gasteiger partial charge >= 0.3 is 0 Å². The molecule has 0 saturated carbocycles. The highest BCUT2D eigenvalue weighted by Crippen LogP contribution is 2.31. The Kier molecular flexibility index (Phi) is 11.1. The van der Waals surface area contributed by atoms with E-state index in [-0.39, 0.29) is 23.7 Å². The van der Waals surface area contributed by atoms with Crippen LogP contribution in [-0.4, -0.2) is 28.7 Å². The highest BCUT2D eigenvalue weighted by Gasteiger charge is 2.37. The summed E-state index contributed by atoms with van der Waals surface area (Å²) in [5, 5.41) is 0. The second-order valence-electron chi connectivity index (χ2n) is 8.09. The number of likely N-dealkylation sites (tertiary alicyclic amines) is 1. The van der Waals surface area contributed by atoms with Gasteiger partial charge < -0.3 is 4.90 Å². The molecule has 0 bridgehead atoms. The van der Waals surface area contributed by atoms with Gasteiger partial charge in [-0.1, -0.05) is 71.1 Å². The molecule has 1 fully saturated rings. The molecule has 25 heavy (non-hydrogen) atoms. The van der Waals surface area contributed by atoms with E-state index in [1.807, 2.05) is 4.90 Å². The molecule has 1 rings (SSSR count). The van der Waals surface area contributed by atoms with Gasteiger partial charge in [-0.2, -0.15) is 0 Å². The summed E-state index contributed by atoms with van der Waals surface area (Å²) in [5.41, 5.74) is 0. The number of carbonyl (C=O) groups excluding carboxylic acids is 2. The van der Waals surface area contributed by atoms with Crippen LogP contribution in [0.3, 0.4) is 0 Å². The first kappa shape index (κ1) is 22.2. The Morgan fingerprint density at radius 1 is 0.840 bits per heavy atom. The van der Waals surface area contributed by atoms with Crippen molar-refractivity contribution < 1.29 is 9.59 Å². The van der Waals surface area contributed by atoms with Crippen LogP contribution in [0.5, 0.6) is 0 Å². The van der Waals surface area contributed by atoms with Crippen LogP contribution >= 0.6 is 0 Å². The van der Waals surface area contributed by atoms with Crippen molar-refractivity contribution in [2.24, 2.45) is 5.92 Å². The van der Waals surface area contributed by atoms with Gasteiger partial charge in [0.25, 0.3) is 0 Å². The number of amides is 1. The Morgan fingerprint density at radius 3 is 1.84 bits per heavy atom. The fourth-order valence-electron chi connectivity index (χ4n) is 4.52. The molecule has 0 aliphatic carbocycles. The molecule has 1 amide bonds. The number of Topliss-reactive ketones (excluding diaryl/α,β-unsaturated/α-hetero) is 1. The predicted octanol–water partition coefficient (Wildman–Crippen LogP) is 5.90. The lowest BCUT2D eigenvalue weighted by molar-refractivity contribution is -0.140. The standard InChI is InChI=1S/C22H41NO2/c1-5-6-7-8-9-10-11-12-13-14-15-21-16-17-22(19(3)24)18(2)23(21)20(4)25/h18,21-22H,5-17H2,1-4H3/t18-,21+,22+/m1/s1. The highest BCUT2D eigenvalue weighted by molar-refractivity contribution is 5.81. The number of ketones is 1. The summed E-state index contributed by atoms with van der Waals surface area (Å²) in [6.45, 7) is 7.64. The average molecular weight is 352 g/mol. The van der Waals surface area contributed by atoms with Crippen LogP contribution in [0.4, 0.5) is 0 Å². The number of rotatable bonds is 12. The Balaban J connectivity index is 2.21. The van der Waals surface area contributed by atoms with Gasteiger partial charge in [0.15, 0.2) is 0 Å². The van der Waals surface area contributed by atoms with Crippen molar-refractivity contribution in [2.75, 3.05) is 0 Å². The monoisotopic (exact) mass is 351 g/mol. The minimum Gasteiger partial charge on any atom is -0.337 e. The number of hydrogen-bond donors (Lipinski definition) is 0.